The van der Waals surface area contributed by atoms with Crippen molar-refractivity contribution in [2.45, 2.75) is 31.8 Å². The van der Waals surface area contributed by atoms with Gasteiger partial charge in [-0.3, -0.25) is 4.79 Å². The summed E-state index contributed by atoms with van der Waals surface area (Å²) in [4.78, 5) is 27.0. The van der Waals surface area contributed by atoms with Crippen LogP contribution in [0.1, 0.15) is 42.4 Å². The third-order valence-corrected chi connectivity index (χ3v) is 4.33. The molecule has 132 valence electrons. The van der Waals surface area contributed by atoms with E-state index in [0.717, 1.165) is 5.82 Å². The van der Waals surface area contributed by atoms with E-state index >= 15 is 0 Å². The molecule has 0 aromatic carbocycles. The number of carbonyl (C=O) groups is 1. The largest absolute Gasteiger partial charge is 0.386 e. The molecule has 2 aromatic rings. The fourth-order valence-corrected chi connectivity index (χ4v) is 2.84. The van der Waals surface area contributed by atoms with Gasteiger partial charge in [-0.1, -0.05) is 19.9 Å². The Balaban J connectivity index is 1.56. The van der Waals surface area contributed by atoms with Gasteiger partial charge >= 0.3 is 0 Å². The summed E-state index contributed by atoms with van der Waals surface area (Å²) >= 11 is 0. The van der Waals surface area contributed by atoms with Gasteiger partial charge in [0.1, 0.15) is 17.2 Å². The summed E-state index contributed by atoms with van der Waals surface area (Å²) in [6.07, 6.45) is 5.36. The van der Waals surface area contributed by atoms with Crippen molar-refractivity contribution in [3.05, 3.63) is 48.2 Å². The summed E-state index contributed by atoms with van der Waals surface area (Å²) in [5, 5.41) is 13.5. The number of pyridine rings is 1. The predicted octanol–water partition coefficient (Wildman–Crippen LogP) is 1.37. The normalized spacial score (nSPS) is 20.1. The highest BCUT2D eigenvalue weighted by molar-refractivity contribution is 5.93. The molecular formula is C18H23N5O2. The molecule has 1 atom stereocenters. The van der Waals surface area contributed by atoms with Gasteiger partial charge < -0.3 is 15.3 Å². The molecule has 1 aliphatic rings. The van der Waals surface area contributed by atoms with Crippen molar-refractivity contribution in [2.24, 2.45) is 0 Å². The molecule has 1 aliphatic heterocycles. The van der Waals surface area contributed by atoms with Crippen molar-refractivity contribution in [3.63, 3.8) is 0 Å². The standard InChI is InChI=1S/C18H23N5O2/c1-13(2)16-20-9-14(10-21-16)17(24)22-11-18(25)6-8-23(12-18)15-5-3-4-7-19-15/h3-5,7,9-10,13,25H,6,8,11-12H2,1-2H3,(H,22,24). The lowest BCUT2D eigenvalue weighted by Crippen LogP contribution is -2.45. The summed E-state index contributed by atoms with van der Waals surface area (Å²) in [6, 6.07) is 5.69. The number of aliphatic hydroxyl groups is 1. The molecule has 7 heteroatoms. The van der Waals surface area contributed by atoms with Gasteiger partial charge in [0, 0.05) is 44.1 Å². The van der Waals surface area contributed by atoms with Gasteiger partial charge in [0.25, 0.3) is 5.91 Å². The first kappa shape index (κ1) is 17.3. The molecule has 0 bridgehead atoms. The molecule has 2 aromatic heterocycles. The van der Waals surface area contributed by atoms with Crippen molar-refractivity contribution in [3.8, 4) is 0 Å². The smallest absolute Gasteiger partial charge is 0.254 e. The van der Waals surface area contributed by atoms with Crippen LogP contribution in [-0.2, 0) is 0 Å². The third kappa shape index (κ3) is 4.11. The van der Waals surface area contributed by atoms with E-state index in [2.05, 4.69) is 20.3 Å². The summed E-state index contributed by atoms with van der Waals surface area (Å²) < 4.78 is 0. The fraction of sp³-hybridized carbons (Fsp3) is 0.444. The Labute approximate surface area is 147 Å². The molecule has 0 aliphatic carbocycles. The molecule has 3 rings (SSSR count). The minimum absolute atomic E-state index is 0.182. The Morgan fingerprint density at radius 1 is 1.32 bits per heavy atom. The number of nitrogens with one attached hydrogen (secondary N) is 1. The SMILES string of the molecule is CC(C)c1ncc(C(=O)NCC2(O)CCN(c3ccccn3)C2)cn1. The van der Waals surface area contributed by atoms with E-state index in [1.165, 1.54) is 12.4 Å². The second-order valence-electron chi connectivity index (χ2n) is 6.75. The van der Waals surface area contributed by atoms with E-state index in [1.54, 1.807) is 6.20 Å². The van der Waals surface area contributed by atoms with Gasteiger partial charge in [-0.2, -0.15) is 0 Å². The molecule has 1 saturated heterocycles. The van der Waals surface area contributed by atoms with E-state index in [0.29, 0.717) is 30.9 Å². The lowest BCUT2D eigenvalue weighted by Gasteiger charge is -2.24. The first-order valence-electron chi connectivity index (χ1n) is 8.45. The molecule has 0 spiro atoms. The van der Waals surface area contributed by atoms with Crippen LogP contribution in [0.15, 0.2) is 36.8 Å². The number of hydrogen-bond donors (Lipinski definition) is 2. The molecule has 2 N–H and O–H groups in total. The zero-order chi connectivity index (χ0) is 17.9. The quantitative estimate of drug-likeness (QED) is 0.853. The van der Waals surface area contributed by atoms with Crippen LogP contribution in [0.25, 0.3) is 0 Å². The average Bonchev–Trinajstić information content (AvgIpc) is 3.03. The first-order chi connectivity index (χ1) is 12.0. The second kappa shape index (κ2) is 7.14. The molecular weight excluding hydrogens is 318 g/mol. The van der Waals surface area contributed by atoms with Crippen molar-refractivity contribution in [1.29, 1.82) is 0 Å². The summed E-state index contributed by atoms with van der Waals surface area (Å²) in [5.74, 6) is 1.48. The lowest BCUT2D eigenvalue weighted by atomic mass is 10.0. The van der Waals surface area contributed by atoms with Crippen LogP contribution in [0.3, 0.4) is 0 Å². The summed E-state index contributed by atoms with van der Waals surface area (Å²) in [7, 11) is 0. The third-order valence-electron chi connectivity index (χ3n) is 4.33. The zero-order valence-corrected chi connectivity index (χ0v) is 14.5. The number of carbonyl (C=O) groups excluding carboxylic acids is 1. The van der Waals surface area contributed by atoms with Gasteiger partial charge in [0.2, 0.25) is 0 Å². The number of hydrogen-bond acceptors (Lipinski definition) is 6. The van der Waals surface area contributed by atoms with Crippen LogP contribution in [-0.4, -0.2) is 51.2 Å². The summed E-state index contributed by atoms with van der Waals surface area (Å²) in [5.41, 5.74) is -0.570. The molecule has 0 saturated carbocycles. The molecule has 1 unspecified atom stereocenters. The minimum atomic E-state index is -0.966. The first-order valence-corrected chi connectivity index (χ1v) is 8.45. The number of amides is 1. The number of anilines is 1. The number of aromatic nitrogens is 3. The number of nitrogens with zero attached hydrogens (tertiary/aromatic N) is 4. The van der Waals surface area contributed by atoms with Gasteiger partial charge in [0.05, 0.1) is 5.56 Å². The van der Waals surface area contributed by atoms with Crippen LogP contribution < -0.4 is 10.2 Å². The van der Waals surface area contributed by atoms with Gasteiger partial charge in [-0.15, -0.1) is 0 Å². The maximum atomic E-state index is 12.2. The van der Waals surface area contributed by atoms with Crippen LogP contribution in [0, 0.1) is 0 Å². The van der Waals surface area contributed by atoms with E-state index in [-0.39, 0.29) is 18.4 Å². The van der Waals surface area contributed by atoms with Crippen molar-refractivity contribution in [2.75, 3.05) is 24.5 Å². The van der Waals surface area contributed by atoms with Crippen molar-refractivity contribution < 1.29 is 9.90 Å². The molecule has 25 heavy (non-hydrogen) atoms. The predicted molar refractivity (Wildman–Crippen MR) is 94.5 cm³/mol. The van der Waals surface area contributed by atoms with Crippen LogP contribution in [0.2, 0.25) is 0 Å². The summed E-state index contributed by atoms with van der Waals surface area (Å²) in [6.45, 7) is 5.32. The maximum absolute atomic E-state index is 12.2. The van der Waals surface area contributed by atoms with E-state index in [1.807, 2.05) is 36.9 Å². The number of rotatable bonds is 5. The average molecular weight is 341 g/mol. The Kier molecular flexibility index (Phi) is 4.94. The molecule has 7 nitrogen and oxygen atoms in total. The van der Waals surface area contributed by atoms with E-state index in [9.17, 15) is 9.90 Å². The Morgan fingerprint density at radius 3 is 2.72 bits per heavy atom. The molecule has 1 fully saturated rings. The van der Waals surface area contributed by atoms with Crippen LogP contribution in [0.4, 0.5) is 5.82 Å². The number of β-amino-alcohol motifs (C(OH)–C–C–N with tert-alkyl or cyclic N) is 1. The molecule has 3 heterocycles. The minimum Gasteiger partial charge on any atom is -0.386 e. The highest BCUT2D eigenvalue weighted by Gasteiger charge is 2.37. The van der Waals surface area contributed by atoms with E-state index in [4.69, 9.17) is 0 Å². The van der Waals surface area contributed by atoms with Crippen molar-refractivity contribution in [1.82, 2.24) is 20.3 Å². The van der Waals surface area contributed by atoms with Crippen LogP contribution in [0.5, 0.6) is 0 Å². The van der Waals surface area contributed by atoms with Crippen LogP contribution >= 0.6 is 0 Å². The highest BCUT2D eigenvalue weighted by Crippen LogP contribution is 2.24. The zero-order valence-electron chi connectivity index (χ0n) is 14.5. The monoisotopic (exact) mass is 341 g/mol. The maximum Gasteiger partial charge on any atom is 0.254 e. The highest BCUT2D eigenvalue weighted by atomic mass is 16.3. The van der Waals surface area contributed by atoms with Gasteiger partial charge in [0.15, 0.2) is 0 Å². The lowest BCUT2D eigenvalue weighted by molar-refractivity contribution is 0.0575. The topological polar surface area (TPSA) is 91.2 Å². The Bertz CT molecular complexity index is 720. The van der Waals surface area contributed by atoms with Crippen molar-refractivity contribution >= 4 is 11.7 Å². The molecule has 0 radical (unpaired) electrons. The van der Waals surface area contributed by atoms with Gasteiger partial charge in [-0.05, 0) is 18.6 Å². The Morgan fingerprint density at radius 2 is 2.08 bits per heavy atom. The second-order valence-corrected chi connectivity index (χ2v) is 6.75. The van der Waals surface area contributed by atoms with Gasteiger partial charge in [-0.25, -0.2) is 15.0 Å². The molecule has 1 amide bonds. The van der Waals surface area contributed by atoms with E-state index < -0.39 is 5.60 Å². The Hall–Kier alpha value is -2.54. The fourth-order valence-electron chi connectivity index (χ4n) is 2.84.